The van der Waals surface area contributed by atoms with Crippen LogP contribution in [0.5, 0.6) is 0 Å². The highest BCUT2D eigenvalue weighted by Crippen LogP contribution is 2.30. The molecule has 1 atom stereocenters. The van der Waals surface area contributed by atoms with Gasteiger partial charge in [0.15, 0.2) is 4.34 Å². The number of amides is 1. The Balaban J connectivity index is 1.94. The van der Waals surface area contributed by atoms with Crippen LogP contribution in [0.15, 0.2) is 16.5 Å². The van der Waals surface area contributed by atoms with Crippen LogP contribution in [0, 0.1) is 20.8 Å². The van der Waals surface area contributed by atoms with E-state index in [9.17, 15) is 4.79 Å². The molecule has 1 aromatic heterocycles. The van der Waals surface area contributed by atoms with Crippen molar-refractivity contribution in [1.82, 2.24) is 10.2 Å². The van der Waals surface area contributed by atoms with E-state index in [1.165, 1.54) is 28.7 Å². The van der Waals surface area contributed by atoms with E-state index in [4.69, 9.17) is 4.74 Å². The van der Waals surface area contributed by atoms with E-state index < -0.39 is 0 Å². The molecule has 0 spiro atoms. The van der Waals surface area contributed by atoms with Crippen LogP contribution in [0.3, 0.4) is 0 Å². The van der Waals surface area contributed by atoms with Crippen molar-refractivity contribution in [2.45, 2.75) is 37.3 Å². The van der Waals surface area contributed by atoms with Crippen molar-refractivity contribution in [3.05, 3.63) is 28.8 Å². The number of hydrogen-bond acceptors (Lipinski definition) is 7. The summed E-state index contributed by atoms with van der Waals surface area (Å²) in [4.78, 5) is 12.5. The number of hydrogen-bond donors (Lipinski definition) is 2. The van der Waals surface area contributed by atoms with Gasteiger partial charge in [-0.3, -0.25) is 4.79 Å². The molecule has 0 aliphatic rings. The quantitative estimate of drug-likeness (QED) is 0.538. The third kappa shape index (κ3) is 5.69. The molecule has 1 heterocycles. The third-order valence-corrected chi connectivity index (χ3v) is 5.63. The molecule has 8 heteroatoms. The van der Waals surface area contributed by atoms with Crippen LogP contribution in [0.25, 0.3) is 0 Å². The molecule has 1 amide bonds. The monoisotopic (exact) mass is 380 g/mol. The van der Waals surface area contributed by atoms with Gasteiger partial charge in [-0.1, -0.05) is 40.8 Å². The predicted molar refractivity (Wildman–Crippen MR) is 105 cm³/mol. The van der Waals surface area contributed by atoms with Crippen molar-refractivity contribution in [3.63, 3.8) is 0 Å². The molecule has 2 N–H and O–H groups in total. The molecule has 0 saturated carbocycles. The highest BCUT2D eigenvalue weighted by Gasteiger charge is 2.18. The summed E-state index contributed by atoms with van der Waals surface area (Å²) in [5.74, 6) is -0.0378. The summed E-state index contributed by atoms with van der Waals surface area (Å²) in [5.41, 5.74) is 4.23. The van der Waals surface area contributed by atoms with Crippen LogP contribution >= 0.6 is 23.1 Å². The van der Waals surface area contributed by atoms with Gasteiger partial charge in [0, 0.05) is 19.3 Å². The van der Waals surface area contributed by atoms with Gasteiger partial charge >= 0.3 is 0 Å². The van der Waals surface area contributed by atoms with Crippen molar-refractivity contribution >= 4 is 39.8 Å². The summed E-state index contributed by atoms with van der Waals surface area (Å²) in [6.45, 7) is 9.23. The molecule has 0 saturated heterocycles. The highest BCUT2D eigenvalue weighted by atomic mass is 32.2. The molecule has 6 nitrogen and oxygen atoms in total. The fourth-order valence-corrected chi connectivity index (χ4v) is 4.32. The number of rotatable bonds is 8. The second-order valence-corrected chi connectivity index (χ2v) is 8.38. The van der Waals surface area contributed by atoms with Crippen LogP contribution in [-0.4, -0.2) is 41.6 Å². The molecule has 1 unspecified atom stereocenters. The number of ether oxygens (including phenoxy) is 1. The first-order valence-corrected chi connectivity index (χ1v) is 9.72. The SMILES string of the molecule is COCCNc1nnc(SC(C)C(=O)Nc2c(C)cc(C)cc2C)s1. The lowest BCUT2D eigenvalue weighted by Crippen LogP contribution is -2.23. The Morgan fingerprint density at radius 2 is 1.96 bits per heavy atom. The molecule has 0 bridgehead atoms. The van der Waals surface area contributed by atoms with E-state index in [0.29, 0.717) is 13.2 Å². The summed E-state index contributed by atoms with van der Waals surface area (Å²) < 4.78 is 5.75. The van der Waals surface area contributed by atoms with Gasteiger partial charge in [0.25, 0.3) is 0 Å². The maximum atomic E-state index is 12.5. The minimum absolute atomic E-state index is 0.0378. The summed E-state index contributed by atoms with van der Waals surface area (Å²) in [6.07, 6.45) is 0. The average molecular weight is 381 g/mol. The number of carbonyl (C=O) groups is 1. The van der Waals surface area contributed by atoms with Crippen molar-refractivity contribution in [2.75, 3.05) is 30.9 Å². The zero-order valence-electron chi connectivity index (χ0n) is 15.2. The second kappa shape index (κ2) is 9.17. The molecule has 1 aromatic carbocycles. The van der Waals surface area contributed by atoms with Gasteiger partial charge in [0.05, 0.1) is 11.9 Å². The zero-order valence-corrected chi connectivity index (χ0v) is 16.8. The fourth-order valence-electron chi connectivity index (χ4n) is 2.40. The molecule has 2 rings (SSSR count). The topological polar surface area (TPSA) is 76.1 Å². The second-order valence-electron chi connectivity index (χ2n) is 5.82. The van der Waals surface area contributed by atoms with Gasteiger partial charge in [-0.2, -0.15) is 0 Å². The van der Waals surface area contributed by atoms with Gasteiger partial charge in [0.2, 0.25) is 11.0 Å². The number of thioether (sulfide) groups is 1. The molecule has 136 valence electrons. The molecular formula is C17H24N4O2S2. The number of anilines is 2. The Bertz CT molecular complexity index is 710. The molecule has 2 aromatic rings. The predicted octanol–water partition coefficient (Wildman–Crippen LogP) is 3.64. The summed E-state index contributed by atoms with van der Waals surface area (Å²) in [7, 11) is 1.65. The Kier molecular flexibility index (Phi) is 7.22. The number of nitrogens with one attached hydrogen (secondary N) is 2. The average Bonchev–Trinajstić information content (AvgIpc) is 2.98. The molecule has 0 aliphatic carbocycles. The minimum atomic E-state index is -0.264. The lowest BCUT2D eigenvalue weighted by Gasteiger charge is -2.15. The largest absolute Gasteiger partial charge is 0.383 e. The van der Waals surface area contributed by atoms with E-state index in [1.807, 2.05) is 20.8 Å². The Labute approximate surface area is 156 Å². The Hall–Kier alpha value is -1.64. The lowest BCUT2D eigenvalue weighted by atomic mass is 10.1. The van der Waals surface area contributed by atoms with Gasteiger partial charge in [-0.15, -0.1) is 10.2 Å². The summed E-state index contributed by atoms with van der Waals surface area (Å²) in [5, 5.41) is 14.8. The highest BCUT2D eigenvalue weighted by molar-refractivity contribution is 8.02. The number of aromatic nitrogens is 2. The van der Waals surface area contributed by atoms with Crippen LogP contribution in [0.2, 0.25) is 0 Å². The number of methoxy groups -OCH3 is 1. The van der Waals surface area contributed by atoms with Gasteiger partial charge in [-0.25, -0.2) is 0 Å². The number of nitrogens with zero attached hydrogens (tertiary/aromatic N) is 2. The summed E-state index contributed by atoms with van der Waals surface area (Å²) in [6, 6.07) is 4.15. The number of aryl methyl sites for hydroxylation is 3. The van der Waals surface area contributed by atoms with Crippen molar-refractivity contribution in [3.8, 4) is 0 Å². The molecule has 0 radical (unpaired) electrons. The first-order chi connectivity index (χ1) is 11.9. The van der Waals surface area contributed by atoms with Gasteiger partial charge < -0.3 is 15.4 Å². The van der Waals surface area contributed by atoms with Crippen molar-refractivity contribution in [2.24, 2.45) is 0 Å². The fraction of sp³-hybridized carbons (Fsp3) is 0.471. The van der Waals surface area contributed by atoms with E-state index in [0.717, 1.165) is 26.3 Å². The lowest BCUT2D eigenvalue weighted by molar-refractivity contribution is -0.115. The molecule has 0 fully saturated rings. The first kappa shape index (κ1) is 19.7. The van der Waals surface area contributed by atoms with Crippen molar-refractivity contribution < 1.29 is 9.53 Å². The van der Waals surface area contributed by atoms with E-state index in [1.54, 1.807) is 7.11 Å². The van der Waals surface area contributed by atoms with Crippen LogP contribution in [0.1, 0.15) is 23.6 Å². The normalized spacial score (nSPS) is 12.0. The molecule has 0 aliphatic heterocycles. The van der Waals surface area contributed by atoms with E-state index in [2.05, 4.69) is 39.9 Å². The number of benzene rings is 1. The van der Waals surface area contributed by atoms with Crippen molar-refractivity contribution in [1.29, 1.82) is 0 Å². The maximum absolute atomic E-state index is 12.5. The standard InChI is InChI=1S/C17H24N4O2S2/c1-10-8-11(2)14(12(3)9-10)19-15(22)13(4)24-17-21-20-16(25-17)18-6-7-23-5/h8-9,13H,6-7H2,1-5H3,(H,18,20)(H,19,22). The van der Waals surface area contributed by atoms with Crippen LogP contribution in [0.4, 0.5) is 10.8 Å². The third-order valence-electron chi connectivity index (χ3n) is 3.56. The molecular weight excluding hydrogens is 356 g/mol. The first-order valence-electron chi connectivity index (χ1n) is 8.02. The van der Waals surface area contributed by atoms with E-state index in [-0.39, 0.29) is 11.2 Å². The van der Waals surface area contributed by atoms with Gasteiger partial charge in [0.1, 0.15) is 0 Å². The maximum Gasteiger partial charge on any atom is 0.237 e. The number of carbonyl (C=O) groups excluding carboxylic acids is 1. The van der Waals surface area contributed by atoms with Gasteiger partial charge in [-0.05, 0) is 38.8 Å². The Morgan fingerprint density at radius 1 is 1.28 bits per heavy atom. The summed E-state index contributed by atoms with van der Waals surface area (Å²) >= 11 is 2.85. The van der Waals surface area contributed by atoms with E-state index >= 15 is 0 Å². The molecule has 25 heavy (non-hydrogen) atoms. The Morgan fingerprint density at radius 3 is 2.60 bits per heavy atom. The van der Waals surface area contributed by atoms with Crippen LogP contribution in [-0.2, 0) is 9.53 Å². The zero-order chi connectivity index (χ0) is 18.4. The smallest absolute Gasteiger partial charge is 0.237 e. The van der Waals surface area contributed by atoms with Crippen LogP contribution < -0.4 is 10.6 Å². The minimum Gasteiger partial charge on any atom is -0.383 e.